The van der Waals surface area contributed by atoms with Crippen molar-refractivity contribution >= 4 is 28.8 Å². The zero-order valence-corrected chi connectivity index (χ0v) is 24.9. The lowest BCUT2D eigenvalue weighted by Gasteiger charge is -2.22. The van der Waals surface area contributed by atoms with Crippen LogP contribution in [0.3, 0.4) is 0 Å². The van der Waals surface area contributed by atoms with Crippen molar-refractivity contribution < 1.29 is 37.4 Å². The Morgan fingerprint density at radius 3 is 2.70 bits per heavy atom. The average molecular weight is 631 g/mol. The molecule has 3 N–H and O–H groups in total. The molecule has 0 saturated carbocycles. The van der Waals surface area contributed by atoms with Gasteiger partial charge in [-0.2, -0.15) is 0 Å². The van der Waals surface area contributed by atoms with Crippen LogP contribution >= 0.6 is 0 Å². The number of carbonyl (C=O) groups excluding carboxylic acids is 3. The molecule has 3 amide bonds. The number of nitrogens with one attached hydrogen (secondary N) is 3. The lowest BCUT2D eigenvalue weighted by Crippen LogP contribution is -2.40. The minimum Gasteiger partial charge on any atom is -0.487 e. The Morgan fingerprint density at radius 2 is 1.93 bits per heavy atom. The molecule has 2 aromatic heterocycles. The number of urea groups is 1. The maximum Gasteiger partial charge on any atom is 0.325 e. The molecular weight excluding hydrogens is 598 g/mol. The number of pyridine rings is 1. The number of aromatic nitrogens is 2. The number of imide groups is 1. The molecule has 0 radical (unpaired) electrons. The molecule has 3 unspecified atom stereocenters. The Balaban J connectivity index is 1.13. The maximum absolute atomic E-state index is 15.1. The van der Waals surface area contributed by atoms with Crippen molar-refractivity contribution in [3.63, 3.8) is 0 Å². The van der Waals surface area contributed by atoms with Crippen LogP contribution in [0.2, 0.25) is 0 Å². The quantitative estimate of drug-likeness (QED) is 0.214. The molecule has 2 aliphatic carbocycles. The number of alkyl halides is 1. The summed E-state index contributed by atoms with van der Waals surface area (Å²) in [5.41, 5.74) is 1.38. The summed E-state index contributed by atoms with van der Waals surface area (Å²) in [4.78, 5) is 43.6. The molecule has 0 aliphatic heterocycles. The number of allylic oxidation sites excluding steroid dienone is 6. The topological polar surface area (TPSA) is 132 Å². The van der Waals surface area contributed by atoms with Gasteiger partial charge in [0.05, 0.1) is 11.1 Å². The Bertz CT molecular complexity index is 1760. The molecule has 0 fully saturated rings. The number of nitrogens with zero attached hydrogens (tertiary/aromatic N) is 1. The summed E-state index contributed by atoms with van der Waals surface area (Å²) in [5.74, 6) is 0.188. The van der Waals surface area contributed by atoms with Crippen molar-refractivity contribution in [3.05, 3.63) is 108 Å². The second-order valence-corrected chi connectivity index (χ2v) is 10.5. The lowest BCUT2D eigenvalue weighted by molar-refractivity contribution is -0.120. The van der Waals surface area contributed by atoms with Crippen LogP contribution in [-0.2, 0) is 16.2 Å². The first-order valence-corrected chi connectivity index (χ1v) is 14.6. The zero-order valence-electron chi connectivity index (χ0n) is 24.9. The summed E-state index contributed by atoms with van der Waals surface area (Å²) < 4.78 is 45.6. The molecule has 3 aromatic rings. The number of amides is 3. The Kier molecular flexibility index (Phi) is 10.4. The van der Waals surface area contributed by atoms with E-state index in [1.807, 2.05) is 0 Å². The molecule has 46 heavy (non-hydrogen) atoms. The van der Waals surface area contributed by atoms with E-state index in [1.54, 1.807) is 55.5 Å². The third-order valence-corrected chi connectivity index (χ3v) is 6.96. The Labute approximate surface area is 263 Å². The summed E-state index contributed by atoms with van der Waals surface area (Å²) in [6.45, 7) is 1.85. The van der Waals surface area contributed by atoms with Crippen molar-refractivity contribution in [1.29, 1.82) is 0 Å². The van der Waals surface area contributed by atoms with Gasteiger partial charge in [0, 0.05) is 24.4 Å². The van der Waals surface area contributed by atoms with Gasteiger partial charge in [0.15, 0.2) is 24.7 Å². The van der Waals surface area contributed by atoms with E-state index in [0.29, 0.717) is 40.4 Å². The SMILES string of the molecule is C/C=C/C(=O)COc1cccc(OCc2cc3c(OC4C=CC(NC(=O)NC(=O)CC5C=CC(F)=CC5)=CC4F)ccnc3[nH]2)c1. The van der Waals surface area contributed by atoms with Gasteiger partial charge in [-0.25, -0.2) is 18.6 Å². The van der Waals surface area contributed by atoms with E-state index in [9.17, 15) is 18.8 Å². The minimum atomic E-state index is -1.60. The molecule has 12 heteroatoms. The van der Waals surface area contributed by atoms with Crippen LogP contribution in [-0.4, -0.2) is 46.6 Å². The van der Waals surface area contributed by atoms with Gasteiger partial charge in [-0.05, 0) is 80.0 Å². The molecule has 2 heterocycles. The summed E-state index contributed by atoms with van der Waals surface area (Å²) in [6, 6.07) is 9.56. The van der Waals surface area contributed by atoms with E-state index in [2.05, 4.69) is 20.6 Å². The first kappa shape index (κ1) is 31.9. The van der Waals surface area contributed by atoms with Crippen LogP contribution < -0.4 is 24.8 Å². The molecule has 0 saturated heterocycles. The van der Waals surface area contributed by atoms with Gasteiger partial charge in [0.2, 0.25) is 5.91 Å². The van der Waals surface area contributed by atoms with Gasteiger partial charge in [-0.1, -0.05) is 18.2 Å². The van der Waals surface area contributed by atoms with E-state index in [4.69, 9.17) is 14.2 Å². The van der Waals surface area contributed by atoms with Crippen molar-refractivity contribution in [2.75, 3.05) is 6.61 Å². The van der Waals surface area contributed by atoms with Crippen molar-refractivity contribution in [2.45, 2.75) is 38.6 Å². The molecule has 238 valence electrons. The Hall–Kier alpha value is -5.52. The van der Waals surface area contributed by atoms with Crippen molar-refractivity contribution in [2.24, 2.45) is 5.92 Å². The number of ether oxygens (including phenoxy) is 3. The lowest BCUT2D eigenvalue weighted by atomic mass is 9.97. The highest BCUT2D eigenvalue weighted by Gasteiger charge is 2.25. The predicted octanol–water partition coefficient (Wildman–Crippen LogP) is 5.85. The fraction of sp³-hybridized carbons (Fsp3) is 0.235. The van der Waals surface area contributed by atoms with E-state index in [1.165, 1.54) is 42.7 Å². The molecule has 0 bridgehead atoms. The highest BCUT2D eigenvalue weighted by molar-refractivity contribution is 5.95. The molecule has 1 aromatic carbocycles. The largest absolute Gasteiger partial charge is 0.487 e. The summed E-state index contributed by atoms with van der Waals surface area (Å²) in [7, 11) is 0. The van der Waals surface area contributed by atoms with Gasteiger partial charge < -0.3 is 24.5 Å². The number of rotatable bonds is 12. The van der Waals surface area contributed by atoms with Crippen LogP contribution in [0, 0.1) is 5.92 Å². The standard InChI is InChI=1S/C34H32F2N4O6/c1-2-4-25(41)20-45-27-6-3-5-26(18-27)44-19-24-16-28-30(13-14-37-33(28)38-24)46-31-12-11-23(17-29(31)36)39-34(43)40-32(42)15-21-7-9-22(35)10-8-21/h2-7,9-14,16-18,21,29,31H,8,15,19-20H2,1H3,(H,37,38)(H2,39,40,42,43)/b4-2+. The highest BCUT2D eigenvalue weighted by atomic mass is 19.1. The number of hydrogen-bond acceptors (Lipinski definition) is 7. The predicted molar refractivity (Wildman–Crippen MR) is 166 cm³/mol. The van der Waals surface area contributed by atoms with Gasteiger partial charge >= 0.3 is 6.03 Å². The van der Waals surface area contributed by atoms with Crippen molar-refractivity contribution in [1.82, 2.24) is 20.6 Å². The molecule has 5 rings (SSSR count). The number of benzene rings is 1. The van der Waals surface area contributed by atoms with Gasteiger partial charge in [0.25, 0.3) is 0 Å². The number of halogens is 2. The molecule has 2 aliphatic rings. The maximum atomic E-state index is 15.1. The van der Waals surface area contributed by atoms with Crippen LogP contribution in [0.4, 0.5) is 13.6 Å². The van der Waals surface area contributed by atoms with Crippen LogP contribution in [0.25, 0.3) is 11.0 Å². The minimum absolute atomic E-state index is 0.0142. The number of H-pyrrole nitrogens is 1. The number of aromatic amines is 1. The monoisotopic (exact) mass is 630 g/mol. The van der Waals surface area contributed by atoms with E-state index < -0.39 is 24.2 Å². The second-order valence-electron chi connectivity index (χ2n) is 10.5. The third kappa shape index (κ3) is 8.78. The van der Waals surface area contributed by atoms with Gasteiger partial charge in [-0.15, -0.1) is 0 Å². The molecule has 3 atom stereocenters. The number of hydrogen-bond donors (Lipinski definition) is 3. The van der Waals surface area contributed by atoms with E-state index in [-0.39, 0.29) is 42.9 Å². The van der Waals surface area contributed by atoms with E-state index in [0.717, 1.165) is 0 Å². The number of fused-ring (bicyclic) bond motifs is 1. The second kappa shape index (κ2) is 15.0. The first-order valence-electron chi connectivity index (χ1n) is 14.6. The van der Waals surface area contributed by atoms with Gasteiger partial charge in [0.1, 0.15) is 35.3 Å². The summed E-state index contributed by atoms with van der Waals surface area (Å²) in [5, 5.41) is 5.28. The van der Waals surface area contributed by atoms with Crippen LogP contribution in [0.1, 0.15) is 25.5 Å². The van der Waals surface area contributed by atoms with Crippen LogP contribution in [0.5, 0.6) is 17.2 Å². The van der Waals surface area contributed by atoms with Crippen molar-refractivity contribution in [3.8, 4) is 17.2 Å². The first-order chi connectivity index (χ1) is 22.2. The van der Waals surface area contributed by atoms with Crippen LogP contribution in [0.15, 0.2) is 103 Å². The number of carbonyl (C=O) groups is 3. The number of ketones is 1. The average Bonchev–Trinajstić information content (AvgIpc) is 3.46. The fourth-order valence-electron chi connectivity index (χ4n) is 4.77. The summed E-state index contributed by atoms with van der Waals surface area (Å²) >= 11 is 0. The zero-order chi connectivity index (χ0) is 32.5. The van der Waals surface area contributed by atoms with E-state index >= 15 is 4.39 Å². The fourth-order valence-corrected chi connectivity index (χ4v) is 4.77. The van der Waals surface area contributed by atoms with Gasteiger partial charge in [-0.3, -0.25) is 14.9 Å². The molecule has 10 nitrogen and oxygen atoms in total. The third-order valence-electron chi connectivity index (χ3n) is 6.96. The Morgan fingerprint density at radius 1 is 1.11 bits per heavy atom. The smallest absolute Gasteiger partial charge is 0.325 e. The summed E-state index contributed by atoms with van der Waals surface area (Å²) in [6.07, 6.45) is 10.8. The highest BCUT2D eigenvalue weighted by Crippen LogP contribution is 2.29. The normalized spacial score (nSPS) is 19.0. The molecule has 0 spiro atoms. The molecular formula is C34H32F2N4O6.